The van der Waals surface area contributed by atoms with Crippen LogP contribution in [0.2, 0.25) is 0 Å². The second-order valence-electron chi connectivity index (χ2n) is 5.09. The maximum Gasteiger partial charge on any atom is 0.335 e. The average molecular weight is 319 g/mol. The predicted molar refractivity (Wildman–Crippen MR) is 84.9 cm³/mol. The van der Waals surface area contributed by atoms with Gasteiger partial charge in [-0.1, -0.05) is 23.8 Å². The molecule has 0 aromatic heterocycles. The molecule has 0 spiro atoms. The summed E-state index contributed by atoms with van der Waals surface area (Å²) >= 11 is 0. The fraction of sp³-hybridized carbons (Fsp3) is 0.188. The Morgan fingerprint density at radius 2 is 1.64 bits per heavy atom. The molecule has 0 radical (unpaired) electrons. The molecule has 0 aliphatic heterocycles. The summed E-state index contributed by atoms with van der Waals surface area (Å²) in [6, 6.07) is 11.2. The fourth-order valence-electron chi connectivity index (χ4n) is 2.04. The standard InChI is InChI=1S/C16H17NO4S/c1-11-4-7-13(8-5-11)17(3)22(20,21)14-9-6-12(2)15(10-14)16(18)19/h4-10H,1-3H3,(H,18,19). The molecular formula is C16H17NO4S. The van der Waals surface area contributed by atoms with Crippen LogP contribution in [0.4, 0.5) is 5.69 Å². The predicted octanol–water partition coefficient (Wildman–Crippen LogP) is 2.83. The molecule has 0 aliphatic carbocycles. The zero-order valence-corrected chi connectivity index (χ0v) is 13.4. The lowest BCUT2D eigenvalue weighted by Crippen LogP contribution is -2.26. The molecule has 0 aliphatic rings. The van der Waals surface area contributed by atoms with E-state index >= 15 is 0 Å². The molecule has 1 N–H and O–H groups in total. The SMILES string of the molecule is Cc1ccc(N(C)S(=O)(=O)c2ccc(C)c(C(=O)O)c2)cc1. The maximum absolute atomic E-state index is 12.6. The lowest BCUT2D eigenvalue weighted by atomic mass is 10.1. The number of hydrogen-bond acceptors (Lipinski definition) is 3. The number of rotatable bonds is 4. The van der Waals surface area contributed by atoms with Gasteiger partial charge < -0.3 is 5.11 Å². The summed E-state index contributed by atoms with van der Waals surface area (Å²) in [4.78, 5) is 11.1. The number of sulfonamides is 1. The van der Waals surface area contributed by atoms with Crippen LogP contribution in [0.15, 0.2) is 47.4 Å². The molecule has 116 valence electrons. The zero-order valence-electron chi connectivity index (χ0n) is 12.6. The molecule has 2 aromatic carbocycles. The Bertz CT molecular complexity index is 811. The Morgan fingerprint density at radius 3 is 2.18 bits per heavy atom. The summed E-state index contributed by atoms with van der Waals surface area (Å²) in [5.41, 5.74) is 2.05. The largest absolute Gasteiger partial charge is 0.478 e. The molecule has 0 amide bonds. The van der Waals surface area contributed by atoms with E-state index in [0.717, 1.165) is 9.87 Å². The number of aromatic carboxylic acids is 1. The first kappa shape index (κ1) is 16.0. The molecular weight excluding hydrogens is 302 g/mol. The topological polar surface area (TPSA) is 74.7 Å². The maximum atomic E-state index is 12.6. The van der Waals surface area contributed by atoms with Crippen molar-refractivity contribution in [2.24, 2.45) is 0 Å². The first-order valence-electron chi connectivity index (χ1n) is 6.63. The molecule has 0 saturated heterocycles. The summed E-state index contributed by atoms with van der Waals surface area (Å²) in [6.45, 7) is 3.54. The van der Waals surface area contributed by atoms with Crippen LogP contribution in [0.3, 0.4) is 0 Å². The van der Waals surface area contributed by atoms with Gasteiger partial charge in [0.1, 0.15) is 0 Å². The average Bonchev–Trinajstić information content (AvgIpc) is 2.47. The van der Waals surface area contributed by atoms with Crippen LogP contribution in [0, 0.1) is 13.8 Å². The van der Waals surface area contributed by atoms with Crippen molar-refractivity contribution in [3.63, 3.8) is 0 Å². The van der Waals surface area contributed by atoms with Gasteiger partial charge in [-0.3, -0.25) is 4.31 Å². The number of nitrogens with zero attached hydrogens (tertiary/aromatic N) is 1. The fourth-order valence-corrected chi connectivity index (χ4v) is 3.27. The Balaban J connectivity index is 2.48. The highest BCUT2D eigenvalue weighted by atomic mass is 32.2. The minimum absolute atomic E-state index is 0.0154. The van der Waals surface area contributed by atoms with E-state index < -0.39 is 16.0 Å². The van der Waals surface area contributed by atoms with E-state index in [-0.39, 0.29) is 10.5 Å². The van der Waals surface area contributed by atoms with Crippen molar-refractivity contribution in [3.05, 3.63) is 59.2 Å². The smallest absolute Gasteiger partial charge is 0.335 e. The third-order valence-electron chi connectivity index (χ3n) is 3.50. The third-order valence-corrected chi connectivity index (χ3v) is 5.28. The number of carbonyl (C=O) groups is 1. The van der Waals surface area contributed by atoms with E-state index in [9.17, 15) is 13.2 Å². The molecule has 0 fully saturated rings. The van der Waals surface area contributed by atoms with Gasteiger partial charge in [0.15, 0.2) is 0 Å². The van der Waals surface area contributed by atoms with Gasteiger partial charge in [-0.2, -0.15) is 0 Å². The molecule has 0 atom stereocenters. The Hall–Kier alpha value is -2.34. The van der Waals surface area contributed by atoms with Crippen LogP contribution >= 0.6 is 0 Å². The number of anilines is 1. The van der Waals surface area contributed by atoms with Gasteiger partial charge in [-0.15, -0.1) is 0 Å². The summed E-state index contributed by atoms with van der Waals surface area (Å²) < 4.78 is 26.4. The van der Waals surface area contributed by atoms with E-state index in [4.69, 9.17) is 5.11 Å². The molecule has 0 heterocycles. The summed E-state index contributed by atoms with van der Waals surface area (Å²) in [6.07, 6.45) is 0. The second-order valence-corrected chi connectivity index (χ2v) is 7.06. The van der Waals surface area contributed by atoms with E-state index in [1.54, 1.807) is 19.1 Å². The van der Waals surface area contributed by atoms with Crippen molar-refractivity contribution in [2.45, 2.75) is 18.7 Å². The van der Waals surface area contributed by atoms with Crippen molar-refractivity contribution in [2.75, 3.05) is 11.4 Å². The number of benzene rings is 2. The number of carboxylic acids is 1. The molecule has 22 heavy (non-hydrogen) atoms. The Labute approximate surface area is 129 Å². The quantitative estimate of drug-likeness (QED) is 0.940. The van der Waals surface area contributed by atoms with Gasteiger partial charge in [0.05, 0.1) is 16.1 Å². The minimum atomic E-state index is -3.81. The normalized spacial score (nSPS) is 11.2. The van der Waals surface area contributed by atoms with Crippen LogP contribution in [0.5, 0.6) is 0 Å². The summed E-state index contributed by atoms with van der Waals surface area (Å²) in [7, 11) is -2.36. The van der Waals surface area contributed by atoms with Crippen LogP contribution in [0.1, 0.15) is 21.5 Å². The lowest BCUT2D eigenvalue weighted by Gasteiger charge is -2.20. The van der Waals surface area contributed by atoms with Crippen molar-refractivity contribution in [1.29, 1.82) is 0 Å². The van der Waals surface area contributed by atoms with Gasteiger partial charge in [0, 0.05) is 7.05 Å². The van der Waals surface area contributed by atoms with E-state index in [1.165, 1.54) is 25.2 Å². The molecule has 0 saturated carbocycles. The number of hydrogen-bond donors (Lipinski definition) is 1. The second kappa shape index (κ2) is 5.81. The van der Waals surface area contributed by atoms with Gasteiger partial charge >= 0.3 is 5.97 Å². The van der Waals surface area contributed by atoms with Gasteiger partial charge in [-0.25, -0.2) is 13.2 Å². The van der Waals surface area contributed by atoms with E-state index in [1.807, 2.05) is 19.1 Å². The van der Waals surface area contributed by atoms with Crippen molar-refractivity contribution < 1.29 is 18.3 Å². The van der Waals surface area contributed by atoms with Crippen molar-refractivity contribution in [1.82, 2.24) is 0 Å². The highest BCUT2D eigenvalue weighted by Crippen LogP contribution is 2.24. The minimum Gasteiger partial charge on any atom is -0.478 e. The molecule has 2 aromatic rings. The van der Waals surface area contributed by atoms with Gasteiger partial charge in [0.25, 0.3) is 10.0 Å². The van der Waals surface area contributed by atoms with Crippen LogP contribution in [-0.4, -0.2) is 26.5 Å². The monoisotopic (exact) mass is 319 g/mol. The Kier molecular flexibility index (Phi) is 4.23. The van der Waals surface area contributed by atoms with Crippen LogP contribution < -0.4 is 4.31 Å². The first-order chi connectivity index (χ1) is 10.2. The number of carboxylic acid groups (broad SMARTS) is 1. The lowest BCUT2D eigenvalue weighted by molar-refractivity contribution is 0.0696. The molecule has 2 rings (SSSR count). The summed E-state index contributed by atoms with van der Waals surface area (Å²) in [5, 5.41) is 9.13. The highest BCUT2D eigenvalue weighted by Gasteiger charge is 2.23. The molecule has 0 bridgehead atoms. The molecule has 6 heteroatoms. The van der Waals surface area contributed by atoms with Crippen molar-refractivity contribution >= 4 is 21.7 Å². The van der Waals surface area contributed by atoms with E-state index in [0.29, 0.717) is 11.3 Å². The Morgan fingerprint density at radius 1 is 1.05 bits per heavy atom. The van der Waals surface area contributed by atoms with Crippen molar-refractivity contribution in [3.8, 4) is 0 Å². The van der Waals surface area contributed by atoms with Gasteiger partial charge in [0.2, 0.25) is 0 Å². The van der Waals surface area contributed by atoms with Crippen LogP contribution in [-0.2, 0) is 10.0 Å². The van der Waals surface area contributed by atoms with Crippen LogP contribution in [0.25, 0.3) is 0 Å². The third kappa shape index (κ3) is 2.96. The molecule has 0 unspecified atom stereocenters. The van der Waals surface area contributed by atoms with E-state index in [2.05, 4.69) is 0 Å². The number of aryl methyl sites for hydroxylation is 2. The highest BCUT2D eigenvalue weighted by molar-refractivity contribution is 7.92. The summed E-state index contributed by atoms with van der Waals surface area (Å²) in [5.74, 6) is -1.15. The molecule has 5 nitrogen and oxygen atoms in total. The first-order valence-corrected chi connectivity index (χ1v) is 8.07. The zero-order chi connectivity index (χ0) is 16.5. The van der Waals surface area contributed by atoms with Gasteiger partial charge in [-0.05, 0) is 43.7 Å².